The summed E-state index contributed by atoms with van der Waals surface area (Å²) in [5.74, 6) is -0.220. The van der Waals surface area contributed by atoms with E-state index < -0.39 is 0 Å². The summed E-state index contributed by atoms with van der Waals surface area (Å²) in [5, 5.41) is 6.16. The maximum atomic E-state index is 15.1. The topological polar surface area (TPSA) is 199 Å². The third-order valence-corrected chi connectivity index (χ3v) is 18.6. The third-order valence-electron chi connectivity index (χ3n) is 18.6. The van der Waals surface area contributed by atoms with Crippen LogP contribution in [-0.2, 0) is 45.1 Å². The summed E-state index contributed by atoms with van der Waals surface area (Å²) >= 11 is 0. The monoisotopic (exact) mass is 1200 g/mol. The van der Waals surface area contributed by atoms with Gasteiger partial charge in [-0.15, -0.1) is 0 Å². The van der Waals surface area contributed by atoms with Gasteiger partial charge < -0.3 is 44.6 Å². The molecule has 2 saturated carbocycles. The minimum absolute atomic E-state index is 0.0208. The van der Waals surface area contributed by atoms with E-state index in [1.807, 2.05) is 115 Å². The van der Waals surface area contributed by atoms with Crippen molar-refractivity contribution in [3.63, 3.8) is 0 Å². The standard InChI is InChI=1S/C71H88N8O9/c1-9-78(70(84)53-12-11-13-53)64-39-55(52-17-14-50(15-18-52)43-77-24-29-87-30-25-77)37-60(48(64)7)66(80)73-42-63-56(34-47(6)75-69(63)83)36-51-16-19-54(35-51)71(85)79(10-2)65-40-57(59-21-20-58(33-45(59)4)88-31-26-76-22-27-86-28-23-76)38-61(49(65)8)67(81)72-41-62-44(3)32-46(5)74-68(62)82/h14-15,17-18,20-21,32-34,37-40,51,53-54H,9-13,16,19,22-31,35-36,41-43H2,1-8H3,(H,72,81)(H,73,80)(H,74,82)(H,75,83). The zero-order valence-corrected chi connectivity index (χ0v) is 52.8. The molecule has 4 N–H and O–H groups in total. The Labute approximate surface area is 517 Å². The fourth-order valence-electron chi connectivity index (χ4n) is 13.3. The van der Waals surface area contributed by atoms with Crippen LogP contribution in [0.15, 0.2) is 88.5 Å². The molecule has 4 heterocycles. The summed E-state index contributed by atoms with van der Waals surface area (Å²) in [5.41, 5.74) is 12.5. The molecule has 10 rings (SSSR count). The van der Waals surface area contributed by atoms with Gasteiger partial charge in [0.1, 0.15) is 12.4 Å². The van der Waals surface area contributed by atoms with Crippen molar-refractivity contribution in [1.82, 2.24) is 30.4 Å². The Morgan fingerprint density at radius 1 is 0.602 bits per heavy atom. The van der Waals surface area contributed by atoms with Crippen molar-refractivity contribution in [2.24, 2.45) is 17.8 Å². The number of aromatic nitrogens is 2. The highest BCUT2D eigenvalue weighted by molar-refractivity contribution is 6.04. The maximum absolute atomic E-state index is 15.1. The molecule has 466 valence electrons. The smallest absolute Gasteiger partial charge is 0.253 e. The molecule has 4 aliphatic rings. The predicted octanol–water partition coefficient (Wildman–Crippen LogP) is 9.82. The van der Waals surface area contributed by atoms with Gasteiger partial charge in [0, 0.05) is 122 Å². The zero-order valence-electron chi connectivity index (χ0n) is 52.8. The summed E-state index contributed by atoms with van der Waals surface area (Å²) in [6.45, 7) is 24.6. The van der Waals surface area contributed by atoms with Crippen LogP contribution in [0.4, 0.5) is 11.4 Å². The van der Waals surface area contributed by atoms with Crippen LogP contribution in [0.25, 0.3) is 22.3 Å². The lowest BCUT2D eigenvalue weighted by Crippen LogP contribution is -2.39. The number of aromatic amines is 2. The lowest BCUT2D eigenvalue weighted by atomic mass is 9.84. The number of pyridine rings is 2. The molecule has 4 fully saturated rings. The molecule has 0 spiro atoms. The molecule has 0 bridgehead atoms. The number of benzene rings is 4. The van der Waals surface area contributed by atoms with Crippen LogP contribution in [0.3, 0.4) is 0 Å². The Balaban J connectivity index is 0.873. The van der Waals surface area contributed by atoms with Crippen molar-refractivity contribution in [3.05, 3.63) is 167 Å². The molecule has 6 aromatic rings. The van der Waals surface area contributed by atoms with Crippen LogP contribution in [-0.4, -0.2) is 122 Å². The number of carbonyl (C=O) groups is 4. The average molecular weight is 1200 g/mol. The van der Waals surface area contributed by atoms with E-state index in [1.54, 1.807) is 4.90 Å². The molecule has 0 radical (unpaired) electrons. The Morgan fingerprint density at radius 2 is 1.17 bits per heavy atom. The summed E-state index contributed by atoms with van der Waals surface area (Å²) in [7, 11) is 0. The van der Waals surface area contributed by atoms with E-state index in [1.165, 1.54) is 5.56 Å². The number of amides is 4. The number of anilines is 2. The Hall–Kier alpha value is -7.70. The first-order valence-electron chi connectivity index (χ1n) is 31.8. The van der Waals surface area contributed by atoms with Gasteiger partial charge in [0.05, 0.1) is 26.4 Å². The number of nitrogens with zero attached hydrogens (tertiary/aromatic N) is 4. The molecular formula is C71H88N8O9. The van der Waals surface area contributed by atoms with Gasteiger partial charge in [-0.25, -0.2) is 0 Å². The second kappa shape index (κ2) is 28.6. The van der Waals surface area contributed by atoms with E-state index in [9.17, 15) is 24.0 Å². The molecule has 2 aliphatic heterocycles. The van der Waals surface area contributed by atoms with Gasteiger partial charge in [-0.2, -0.15) is 0 Å². The van der Waals surface area contributed by atoms with E-state index >= 15 is 4.79 Å². The molecule has 2 atom stereocenters. The normalized spacial score (nSPS) is 17.3. The third kappa shape index (κ3) is 14.7. The summed E-state index contributed by atoms with van der Waals surface area (Å²) in [6, 6.07) is 26.1. The number of nitrogens with one attached hydrogen (secondary N) is 4. The van der Waals surface area contributed by atoms with E-state index in [0.717, 1.165) is 142 Å². The average Bonchev–Trinajstić information content (AvgIpc) is 2.61. The Morgan fingerprint density at radius 3 is 1.76 bits per heavy atom. The van der Waals surface area contributed by atoms with Gasteiger partial charge in [0.25, 0.3) is 22.9 Å². The fraction of sp³-hybridized carbons (Fsp3) is 0.465. The van der Waals surface area contributed by atoms with Crippen molar-refractivity contribution in [1.29, 1.82) is 0 Å². The molecule has 17 nitrogen and oxygen atoms in total. The van der Waals surface area contributed by atoms with E-state index in [-0.39, 0.29) is 65.6 Å². The molecule has 4 amide bonds. The Kier molecular flexibility index (Phi) is 20.6. The molecule has 2 aliphatic carbocycles. The van der Waals surface area contributed by atoms with Crippen molar-refractivity contribution >= 4 is 35.0 Å². The van der Waals surface area contributed by atoms with Gasteiger partial charge in [-0.1, -0.05) is 36.8 Å². The van der Waals surface area contributed by atoms with E-state index in [0.29, 0.717) is 89.4 Å². The SMILES string of the molecule is CCN(C(=O)C1CCC1)c1cc(-c2ccc(CN3CCOCC3)cc2)cc(C(=O)NCc2c(CC3CCC(C(=O)N(CC)c4cc(-c5ccc(OCCN6CCOCC6)cc5C)cc(C(=O)NCc5c(C)cc(C)[nH]c5=O)c4C)C3)cc(C)[nH]c2=O)c1C. The molecule has 17 heteroatoms. The van der Waals surface area contributed by atoms with Gasteiger partial charge in [-0.05, 0) is 204 Å². The summed E-state index contributed by atoms with van der Waals surface area (Å²) in [4.78, 5) is 99.5. The van der Waals surface area contributed by atoms with Crippen LogP contribution in [0.5, 0.6) is 5.75 Å². The van der Waals surface area contributed by atoms with Crippen molar-refractivity contribution in [3.8, 4) is 28.0 Å². The number of rotatable bonds is 22. The first-order valence-corrected chi connectivity index (χ1v) is 31.8. The second-order valence-electron chi connectivity index (χ2n) is 24.7. The first kappa shape index (κ1) is 63.3. The van der Waals surface area contributed by atoms with Gasteiger partial charge in [0.2, 0.25) is 11.8 Å². The van der Waals surface area contributed by atoms with Gasteiger partial charge >= 0.3 is 0 Å². The molecule has 2 aromatic heterocycles. The highest BCUT2D eigenvalue weighted by atomic mass is 16.5. The maximum Gasteiger partial charge on any atom is 0.253 e. The van der Waals surface area contributed by atoms with Crippen molar-refractivity contribution in [2.45, 2.75) is 120 Å². The highest BCUT2D eigenvalue weighted by Gasteiger charge is 2.36. The van der Waals surface area contributed by atoms with Crippen LogP contribution in [0.1, 0.15) is 129 Å². The Bertz CT molecular complexity index is 3650. The lowest BCUT2D eigenvalue weighted by Gasteiger charge is -2.32. The predicted molar refractivity (Wildman–Crippen MR) is 345 cm³/mol. The fourth-order valence-corrected chi connectivity index (χ4v) is 13.3. The summed E-state index contributed by atoms with van der Waals surface area (Å²) < 4.78 is 17.3. The zero-order chi connectivity index (χ0) is 62.2. The summed E-state index contributed by atoms with van der Waals surface area (Å²) in [6.07, 6.45) is 5.27. The number of carbonyl (C=O) groups excluding carboxylic acids is 4. The van der Waals surface area contributed by atoms with Crippen molar-refractivity contribution < 1.29 is 33.4 Å². The van der Waals surface area contributed by atoms with E-state index in [4.69, 9.17) is 14.2 Å². The second-order valence-corrected chi connectivity index (χ2v) is 24.7. The minimum atomic E-state index is -0.362. The molecule has 88 heavy (non-hydrogen) atoms. The number of aryl methyl sites for hydroxylation is 4. The van der Waals surface area contributed by atoms with Gasteiger partial charge in [-0.3, -0.25) is 38.6 Å². The lowest BCUT2D eigenvalue weighted by molar-refractivity contribution is -0.124. The number of ether oxygens (including phenoxy) is 3. The van der Waals surface area contributed by atoms with Crippen LogP contribution in [0.2, 0.25) is 0 Å². The molecule has 2 saturated heterocycles. The number of hydrogen-bond acceptors (Lipinski definition) is 11. The number of morpholine rings is 2. The highest BCUT2D eigenvalue weighted by Crippen LogP contribution is 2.40. The number of H-pyrrole nitrogens is 2. The molecule has 2 unspecified atom stereocenters. The molecular weight excluding hydrogens is 1110 g/mol. The van der Waals surface area contributed by atoms with Crippen molar-refractivity contribution in [2.75, 3.05) is 88.6 Å². The quantitative estimate of drug-likeness (QED) is 0.0505. The first-order chi connectivity index (χ1) is 42.5. The van der Waals surface area contributed by atoms with Crippen LogP contribution >= 0.6 is 0 Å². The number of hydrogen-bond donors (Lipinski definition) is 4. The minimum Gasteiger partial charge on any atom is -0.492 e. The largest absolute Gasteiger partial charge is 0.492 e. The molecule has 4 aromatic carbocycles. The van der Waals surface area contributed by atoms with Crippen LogP contribution in [0, 0.1) is 59.3 Å². The van der Waals surface area contributed by atoms with Crippen LogP contribution < -0.4 is 36.3 Å². The van der Waals surface area contributed by atoms with Gasteiger partial charge in [0.15, 0.2) is 0 Å². The van der Waals surface area contributed by atoms with E-state index in [2.05, 4.69) is 54.7 Å².